The van der Waals surface area contributed by atoms with E-state index in [0.717, 1.165) is 5.56 Å². The highest BCUT2D eigenvalue weighted by Crippen LogP contribution is 2.30. The first kappa shape index (κ1) is 10.9. The van der Waals surface area contributed by atoms with E-state index in [2.05, 4.69) is 9.43 Å². The minimum atomic E-state index is -3.74. The van der Waals surface area contributed by atoms with Crippen molar-refractivity contribution >= 4 is 10.0 Å². The molecular weight excluding hydrogens is 230 g/mol. The van der Waals surface area contributed by atoms with Gasteiger partial charge in [-0.2, -0.15) is 0 Å². The predicted molar refractivity (Wildman–Crippen MR) is 56.9 cm³/mol. The smallest absolute Gasteiger partial charge is 0.239 e. The van der Waals surface area contributed by atoms with Crippen molar-refractivity contribution in [2.45, 2.75) is 11.9 Å². The molecule has 0 saturated carbocycles. The fourth-order valence-electron chi connectivity index (χ4n) is 1.42. The molecule has 0 N–H and O–H groups in total. The molecule has 84 valence electrons. The molecule has 7 heteroatoms. The van der Waals surface area contributed by atoms with Crippen molar-refractivity contribution in [1.29, 1.82) is 0 Å². The molecule has 0 aliphatic carbocycles. The van der Waals surface area contributed by atoms with Gasteiger partial charge in [0.15, 0.2) is 0 Å². The van der Waals surface area contributed by atoms with Gasteiger partial charge in [-0.3, -0.25) is 0 Å². The van der Waals surface area contributed by atoms with Gasteiger partial charge in [-0.15, -0.1) is 0 Å². The first-order chi connectivity index (χ1) is 7.61. The number of rotatable bonds is 4. The first-order valence-corrected chi connectivity index (χ1v) is 6.21. The van der Waals surface area contributed by atoms with E-state index in [1.54, 1.807) is 18.2 Å². The van der Waals surface area contributed by atoms with Crippen LogP contribution in [0.1, 0.15) is 17.2 Å². The van der Waals surface area contributed by atoms with Crippen LogP contribution in [0, 0.1) is 0 Å². The molecule has 0 radical (unpaired) electrons. The van der Waals surface area contributed by atoms with Gasteiger partial charge < -0.3 is 4.74 Å². The highest BCUT2D eigenvalue weighted by Gasteiger charge is 2.24. The van der Waals surface area contributed by atoms with Gasteiger partial charge in [-0.1, -0.05) is 24.3 Å². The van der Waals surface area contributed by atoms with Gasteiger partial charge in [0.05, 0.1) is 12.4 Å². The summed E-state index contributed by atoms with van der Waals surface area (Å²) in [6, 6.07) is 7.07. The summed E-state index contributed by atoms with van der Waals surface area (Å²) in [4.78, 5) is 2.29. The van der Waals surface area contributed by atoms with Crippen molar-refractivity contribution in [2.75, 3.05) is 6.61 Å². The first-order valence-electron chi connectivity index (χ1n) is 4.60. The Morgan fingerprint density at radius 2 is 2.31 bits per heavy atom. The molecule has 6 nitrogen and oxygen atoms in total. The lowest BCUT2D eigenvalue weighted by Crippen LogP contribution is -1.99. The van der Waals surface area contributed by atoms with Crippen LogP contribution in [0.3, 0.4) is 0 Å². The van der Waals surface area contributed by atoms with E-state index in [-0.39, 0.29) is 11.9 Å². The Morgan fingerprint density at radius 1 is 1.56 bits per heavy atom. The fourth-order valence-corrected chi connectivity index (χ4v) is 2.19. The average Bonchev–Trinajstić information content (AvgIpc) is 3.00. The molecule has 16 heavy (non-hydrogen) atoms. The van der Waals surface area contributed by atoms with Gasteiger partial charge in [0.1, 0.15) is 6.10 Å². The maximum atomic E-state index is 11.2. The maximum absolute atomic E-state index is 11.2. The third-order valence-corrected chi connectivity index (χ3v) is 3.19. The number of sulfonamides is 1. The molecule has 2 rings (SSSR count). The van der Waals surface area contributed by atoms with Crippen molar-refractivity contribution in [2.24, 2.45) is 4.52 Å². The van der Waals surface area contributed by atoms with Gasteiger partial charge >= 0.3 is 0 Å². The summed E-state index contributed by atoms with van der Waals surface area (Å²) in [5.41, 5.74) is 9.64. The van der Waals surface area contributed by atoms with E-state index in [4.69, 9.17) is 10.3 Å². The van der Waals surface area contributed by atoms with Gasteiger partial charge in [0.25, 0.3) is 0 Å². The number of ether oxygens (including phenoxy) is 1. The standard InChI is InChI=1S/C9H9N3O3S/c10-11-12-16(13,14)6-7-2-1-3-8(4-7)9-5-15-9/h1-4,9H,5-6H2. The van der Waals surface area contributed by atoms with Crippen molar-refractivity contribution in [3.05, 3.63) is 45.8 Å². The monoisotopic (exact) mass is 239 g/mol. The number of azide groups is 1. The van der Waals surface area contributed by atoms with Gasteiger partial charge in [0, 0.05) is 9.43 Å². The quantitative estimate of drug-likeness (QED) is 0.347. The van der Waals surface area contributed by atoms with Crippen LogP contribution in [0.2, 0.25) is 0 Å². The van der Waals surface area contributed by atoms with Crippen LogP contribution in [-0.4, -0.2) is 15.0 Å². The molecule has 1 saturated heterocycles. The maximum Gasteiger partial charge on any atom is 0.239 e. The third-order valence-electron chi connectivity index (χ3n) is 2.17. The van der Waals surface area contributed by atoms with E-state index in [9.17, 15) is 8.42 Å². The number of nitrogens with zero attached hydrogens (tertiary/aromatic N) is 3. The summed E-state index contributed by atoms with van der Waals surface area (Å²) >= 11 is 0. The van der Waals surface area contributed by atoms with E-state index in [1.165, 1.54) is 0 Å². The van der Waals surface area contributed by atoms with Crippen LogP contribution < -0.4 is 0 Å². The highest BCUT2D eigenvalue weighted by molar-refractivity contribution is 7.89. The summed E-state index contributed by atoms with van der Waals surface area (Å²) in [6.07, 6.45) is 0.0853. The van der Waals surface area contributed by atoms with Crippen LogP contribution in [0.15, 0.2) is 28.8 Å². The Labute approximate surface area is 92.5 Å². The minimum absolute atomic E-state index is 0.0853. The molecule has 0 bridgehead atoms. The Balaban J connectivity index is 2.21. The molecule has 0 amide bonds. The normalized spacial score (nSPS) is 18.9. The lowest BCUT2D eigenvalue weighted by Gasteiger charge is -2.01. The summed E-state index contributed by atoms with van der Waals surface area (Å²) in [5, 5.41) is 0. The summed E-state index contributed by atoms with van der Waals surface area (Å²) in [6.45, 7) is 0.673. The SMILES string of the molecule is [N-]=[N+]=NS(=O)(=O)Cc1cccc(C2CO2)c1. The van der Waals surface area contributed by atoms with Crippen molar-refractivity contribution in [1.82, 2.24) is 0 Å². The van der Waals surface area contributed by atoms with Crippen molar-refractivity contribution in [3.8, 4) is 0 Å². The molecule has 1 unspecified atom stereocenters. The highest BCUT2D eigenvalue weighted by atomic mass is 32.2. The molecular formula is C9H9N3O3S. The van der Waals surface area contributed by atoms with Crippen LogP contribution in [0.25, 0.3) is 10.4 Å². The second-order valence-electron chi connectivity index (χ2n) is 3.46. The van der Waals surface area contributed by atoms with Crippen LogP contribution in [0.4, 0.5) is 0 Å². The minimum Gasteiger partial charge on any atom is -0.368 e. The Morgan fingerprint density at radius 3 is 2.94 bits per heavy atom. The Hall–Kier alpha value is -1.56. The topological polar surface area (TPSA) is 95.4 Å². The number of hydrogen-bond donors (Lipinski definition) is 0. The zero-order valence-corrected chi connectivity index (χ0v) is 9.09. The van der Waals surface area contributed by atoms with E-state index < -0.39 is 10.0 Å². The lowest BCUT2D eigenvalue weighted by molar-refractivity contribution is 0.415. The number of hydrogen-bond acceptors (Lipinski definition) is 3. The second kappa shape index (κ2) is 4.13. The van der Waals surface area contributed by atoms with Crippen molar-refractivity contribution in [3.63, 3.8) is 0 Å². The lowest BCUT2D eigenvalue weighted by atomic mass is 10.1. The average molecular weight is 239 g/mol. The molecule has 1 fully saturated rings. The fraction of sp³-hybridized carbons (Fsp3) is 0.333. The van der Waals surface area contributed by atoms with E-state index in [1.807, 2.05) is 6.07 Å². The zero-order valence-electron chi connectivity index (χ0n) is 8.28. The van der Waals surface area contributed by atoms with Crippen LogP contribution in [-0.2, 0) is 20.5 Å². The van der Waals surface area contributed by atoms with E-state index in [0.29, 0.717) is 12.2 Å². The number of benzene rings is 1. The third kappa shape index (κ3) is 2.73. The molecule has 1 aliphatic rings. The molecule has 1 heterocycles. The zero-order chi connectivity index (χ0) is 11.6. The summed E-state index contributed by atoms with van der Waals surface area (Å²) < 4.78 is 30.3. The molecule has 1 aromatic rings. The molecule has 1 atom stereocenters. The van der Waals surface area contributed by atoms with Gasteiger partial charge in [0.2, 0.25) is 10.0 Å². The summed E-state index contributed by atoms with van der Waals surface area (Å²) in [5.74, 6) is -0.280. The number of epoxide rings is 1. The second-order valence-corrected chi connectivity index (χ2v) is 5.08. The van der Waals surface area contributed by atoms with Gasteiger partial charge in [-0.25, -0.2) is 8.42 Å². The van der Waals surface area contributed by atoms with Crippen molar-refractivity contribution < 1.29 is 13.2 Å². The molecule has 1 aliphatic heterocycles. The molecule has 1 aromatic carbocycles. The molecule has 0 aromatic heterocycles. The predicted octanol–water partition coefficient (Wildman–Crippen LogP) is 1.90. The van der Waals surface area contributed by atoms with Crippen LogP contribution in [0.5, 0.6) is 0 Å². The molecule has 0 spiro atoms. The van der Waals surface area contributed by atoms with Crippen LogP contribution >= 0.6 is 0 Å². The summed E-state index contributed by atoms with van der Waals surface area (Å²) in [7, 11) is -3.74. The Bertz CT molecular complexity index is 545. The Kier molecular flexibility index (Phi) is 2.82. The van der Waals surface area contributed by atoms with Gasteiger partial charge in [-0.05, 0) is 16.7 Å². The largest absolute Gasteiger partial charge is 0.368 e. The van der Waals surface area contributed by atoms with E-state index >= 15 is 0 Å².